The fourth-order valence-corrected chi connectivity index (χ4v) is 3.35. The molecule has 2 aromatic rings. The van der Waals surface area contributed by atoms with Gasteiger partial charge in [-0.2, -0.15) is 0 Å². The summed E-state index contributed by atoms with van der Waals surface area (Å²) in [5, 5.41) is 4.89. The molecule has 28 heavy (non-hydrogen) atoms. The van der Waals surface area contributed by atoms with Crippen LogP contribution in [0.2, 0.25) is 0 Å². The van der Waals surface area contributed by atoms with Gasteiger partial charge in [-0.1, -0.05) is 56.3 Å². The molecule has 1 N–H and O–H groups in total. The van der Waals surface area contributed by atoms with E-state index in [1.807, 2.05) is 63.2 Å². The van der Waals surface area contributed by atoms with Crippen molar-refractivity contribution in [3.05, 3.63) is 48.0 Å². The second-order valence-electron chi connectivity index (χ2n) is 7.34. The Bertz CT molecular complexity index is 948. The lowest BCUT2D eigenvalue weighted by molar-refractivity contribution is -0.144. The number of carbonyl (C=O) groups is 4. The standard InChI is InChI=1S/C21H23N3O4/c1-13(2)11-23-19(26)20(27)24(21(23)28)12-18(25)22-14(3)16-10-6-8-15-7-4-5-9-17(15)16/h4-10,13-14H,11-12H2,1-3H3,(H,22,25)/t14-/m1/s1. The molecule has 0 radical (unpaired) electrons. The first kappa shape index (κ1) is 19.5. The molecule has 1 heterocycles. The molecule has 1 atom stereocenters. The van der Waals surface area contributed by atoms with Crippen LogP contribution >= 0.6 is 0 Å². The van der Waals surface area contributed by atoms with Gasteiger partial charge < -0.3 is 5.32 Å². The average Bonchev–Trinajstić information content (AvgIpc) is 2.85. The van der Waals surface area contributed by atoms with Crippen LogP contribution in [-0.4, -0.2) is 46.6 Å². The van der Waals surface area contributed by atoms with Crippen molar-refractivity contribution >= 4 is 34.5 Å². The molecule has 1 aliphatic heterocycles. The highest BCUT2D eigenvalue weighted by Crippen LogP contribution is 2.24. The second kappa shape index (κ2) is 7.80. The van der Waals surface area contributed by atoms with Crippen LogP contribution in [0.15, 0.2) is 42.5 Å². The number of fused-ring (bicyclic) bond motifs is 1. The van der Waals surface area contributed by atoms with Crippen molar-refractivity contribution in [2.45, 2.75) is 26.8 Å². The van der Waals surface area contributed by atoms with E-state index in [0.29, 0.717) is 4.90 Å². The van der Waals surface area contributed by atoms with Gasteiger partial charge in [-0.15, -0.1) is 0 Å². The molecule has 0 saturated carbocycles. The quantitative estimate of drug-likeness (QED) is 0.615. The Kier molecular flexibility index (Phi) is 5.44. The summed E-state index contributed by atoms with van der Waals surface area (Å²) in [6, 6.07) is 12.6. The van der Waals surface area contributed by atoms with Gasteiger partial charge in [0.2, 0.25) is 5.91 Å². The molecule has 3 rings (SSSR count). The molecule has 1 saturated heterocycles. The highest BCUT2D eigenvalue weighted by molar-refractivity contribution is 6.45. The lowest BCUT2D eigenvalue weighted by Gasteiger charge is -2.19. The number of rotatable bonds is 6. The van der Waals surface area contributed by atoms with Gasteiger partial charge in [-0.05, 0) is 29.2 Å². The summed E-state index contributed by atoms with van der Waals surface area (Å²) >= 11 is 0. The van der Waals surface area contributed by atoms with E-state index < -0.39 is 30.3 Å². The zero-order chi connectivity index (χ0) is 20.4. The Balaban J connectivity index is 1.71. The third-order valence-electron chi connectivity index (χ3n) is 4.65. The van der Waals surface area contributed by atoms with E-state index in [1.54, 1.807) is 0 Å². The minimum Gasteiger partial charge on any atom is -0.348 e. The highest BCUT2D eigenvalue weighted by atomic mass is 16.2. The SMILES string of the molecule is CC(C)CN1C(=O)C(=O)N(CC(=O)N[C@H](C)c2cccc3ccccc23)C1=O. The maximum absolute atomic E-state index is 12.5. The van der Waals surface area contributed by atoms with E-state index >= 15 is 0 Å². The molecule has 1 fully saturated rings. The second-order valence-corrected chi connectivity index (χ2v) is 7.34. The average molecular weight is 381 g/mol. The first-order chi connectivity index (χ1) is 13.3. The minimum atomic E-state index is -0.960. The molecule has 2 aromatic carbocycles. The lowest BCUT2D eigenvalue weighted by atomic mass is 10.00. The molecule has 5 amide bonds. The number of carbonyl (C=O) groups excluding carboxylic acids is 4. The molecule has 0 aliphatic carbocycles. The minimum absolute atomic E-state index is 0.0286. The van der Waals surface area contributed by atoms with E-state index in [9.17, 15) is 19.2 Å². The maximum Gasteiger partial charge on any atom is 0.334 e. The zero-order valence-electron chi connectivity index (χ0n) is 16.1. The molecule has 7 nitrogen and oxygen atoms in total. The number of amides is 5. The van der Waals surface area contributed by atoms with Crippen molar-refractivity contribution in [3.63, 3.8) is 0 Å². The number of nitrogens with zero attached hydrogens (tertiary/aromatic N) is 2. The molecule has 146 valence electrons. The normalized spacial score (nSPS) is 15.6. The molecular weight excluding hydrogens is 358 g/mol. The summed E-state index contributed by atoms with van der Waals surface area (Å²) in [5.41, 5.74) is 0.933. The highest BCUT2D eigenvalue weighted by Gasteiger charge is 2.45. The van der Waals surface area contributed by atoms with Gasteiger partial charge in [0.05, 0.1) is 6.04 Å². The van der Waals surface area contributed by atoms with Crippen molar-refractivity contribution in [1.82, 2.24) is 15.1 Å². The lowest BCUT2D eigenvalue weighted by Crippen LogP contribution is -2.42. The third kappa shape index (κ3) is 3.74. The summed E-state index contributed by atoms with van der Waals surface area (Å²) in [7, 11) is 0. The van der Waals surface area contributed by atoms with Gasteiger partial charge in [0.15, 0.2) is 0 Å². The van der Waals surface area contributed by atoms with E-state index in [4.69, 9.17) is 0 Å². The van der Waals surface area contributed by atoms with Gasteiger partial charge in [-0.3, -0.25) is 19.3 Å². The summed E-state index contributed by atoms with van der Waals surface area (Å²) in [6.07, 6.45) is 0. The molecule has 0 unspecified atom stereocenters. The molecular formula is C21H23N3O4. The Morgan fingerprint density at radius 3 is 2.29 bits per heavy atom. The van der Waals surface area contributed by atoms with Crippen LogP contribution in [-0.2, 0) is 14.4 Å². The van der Waals surface area contributed by atoms with Gasteiger partial charge >= 0.3 is 17.8 Å². The van der Waals surface area contributed by atoms with Crippen molar-refractivity contribution in [2.75, 3.05) is 13.1 Å². The third-order valence-corrected chi connectivity index (χ3v) is 4.65. The smallest absolute Gasteiger partial charge is 0.334 e. The van der Waals surface area contributed by atoms with Crippen molar-refractivity contribution < 1.29 is 19.2 Å². The summed E-state index contributed by atoms with van der Waals surface area (Å²) in [5.74, 6) is -2.31. The van der Waals surface area contributed by atoms with Gasteiger partial charge in [0, 0.05) is 6.54 Å². The van der Waals surface area contributed by atoms with E-state index in [2.05, 4.69) is 5.32 Å². The van der Waals surface area contributed by atoms with E-state index in [0.717, 1.165) is 21.2 Å². The Labute approximate surface area is 163 Å². The number of hydrogen-bond donors (Lipinski definition) is 1. The fraction of sp³-hybridized carbons (Fsp3) is 0.333. The first-order valence-corrected chi connectivity index (χ1v) is 9.24. The molecule has 7 heteroatoms. The molecule has 1 aliphatic rings. The predicted molar refractivity (Wildman–Crippen MR) is 104 cm³/mol. The number of nitrogens with one attached hydrogen (secondary N) is 1. The van der Waals surface area contributed by atoms with Crippen LogP contribution in [0.3, 0.4) is 0 Å². The monoisotopic (exact) mass is 381 g/mol. The number of urea groups is 1. The van der Waals surface area contributed by atoms with Crippen LogP contribution in [0, 0.1) is 5.92 Å². The van der Waals surface area contributed by atoms with Crippen molar-refractivity contribution in [3.8, 4) is 0 Å². The van der Waals surface area contributed by atoms with Crippen molar-refractivity contribution in [1.29, 1.82) is 0 Å². The Morgan fingerprint density at radius 1 is 0.929 bits per heavy atom. The van der Waals surface area contributed by atoms with Crippen molar-refractivity contribution in [2.24, 2.45) is 5.92 Å². The predicted octanol–water partition coefficient (Wildman–Crippen LogP) is 2.46. The van der Waals surface area contributed by atoms with E-state index in [1.165, 1.54) is 0 Å². The summed E-state index contributed by atoms with van der Waals surface area (Å²) in [4.78, 5) is 50.5. The van der Waals surface area contributed by atoms with Gasteiger partial charge in [-0.25, -0.2) is 9.69 Å². The molecule has 0 aromatic heterocycles. The van der Waals surface area contributed by atoms with Crippen LogP contribution in [0.5, 0.6) is 0 Å². The topological polar surface area (TPSA) is 86.8 Å². The van der Waals surface area contributed by atoms with Crippen LogP contribution in [0.1, 0.15) is 32.4 Å². The van der Waals surface area contributed by atoms with Crippen LogP contribution in [0.4, 0.5) is 4.79 Å². The van der Waals surface area contributed by atoms with Gasteiger partial charge in [0.25, 0.3) is 0 Å². The molecule has 0 spiro atoms. The Hall–Kier alpha value is -3.22. The van der Waals surface area contributed by atoms with Gasteiger partial charge in [0.1, 0.15) is 6.54 Å². The number of benzene rings is 2. The summed E-state index contributed by atoms with van der Waals surface area (Å²) < 4.78 is 0. The van der Waals surface area contributed by atoms with Crippen LogP contribution < -0.4 is 5.32 Å². The fourth-order valence-electron chi connectivity index (χ4n) is 3.35. The largest absolute Gasteiger partial charge is 0.348 e. The summed E-state index contributed by atoms with van der Waals surface area (Å²) in [6.45, 7) is 5.18. The zero-order valence-corrected chi connectivity index (χ0v) is 16.1. The maximum atomic E-state index is 12.5. The molecule has 0 bridgehead atoms. The van der Waals surface area contributed by atoms with E-state index in [-0.39, 0.29) is 18.5 Å². The number of hydrogen-bond acceptors (Lipinski definition) is 4. The number of imide groups is 2. The van der Waals surface area contributed by atoms with Crippen LogP contribution in [0.25, 0.3) is 10.8 Å². The first-order valence-electron chi connectivity index (χ1n) is 9.24. The Morgan fingerprint density at radius 2 is 1.57 bits per heavy atom.